The molecular formula is C72H70BN3O. The van der Waals surface area contributed by atoms with E-state index < -0.39 is 0 Å². The molecule has 11 aromatic rings. The van der Waals surface area contributed by atoms with E-state index in [1.165, 1.54) is 139 Å². The maximum absolute atomic E-state index is 6.48. The van der Waals surface area contributed by atoms with Gasteiger partial charge < -0.3 is 18.8 Å². The van der Waals surface area contributed by atoms with Crippen LogP contribution >= 0.6 is 0 Å². The van der Waals surface area contributed by atoms with E-state index in [0.29, 0.717) is 0 Å². The predicted octanol–water partition coefficient (Wildman–Crippen LogP) is 18.2. The van der Waals surface area contributed by atoms with E-state index in [-0.39, 0.29) is 23.0 Å². The summed E-state index contributed by atoms with van der Waals surface area (Å²) in [6.07, 6.45) is 0. The Morgan fingerprint density at radius 3 is 1.53 bits per heavy atom. The van der Waals surface area contributed by atoms with Crippen LogP contribution in [0.2, 0.25) is 0 Å². The zero-order chi connectivity index (χ0) is 53.9. The number of furan rings is 1. The highest BCUT2D eigenvalue weighted by Crippen LogP contribution is 2.51. The summed E-state index contributed by atoms with van der Waals surface area (Å²) in [5.41, 5.74) is 30.4. The lowest BCUT2D eigenvalue weighted by atomic mass is 9.33. The Hall–Kier alpha value is -7.76. The smallest absolute Gasteiger partial charge is 0.252 e. The molecule has 9 aromatic carbocycles. The Bertz CT molecular complexity index is 4250. The van der Waals surface area contributed by atoms with Gasteiger partial charge in [-0.25, -0.2) is 0 Å². The van der Waals surface area contributed by atoms with Crippen molar-refractivity contribution < 1.29 is 4.42 Å². The van der Waals surface area contributed by atoms with Crippen LogP contribution in [0.5, 0.6) is 0 Å². The number of benzene rings is 9. The van der Waals surface area contributed by atoms with Crippen molar-refractivity contribution in [2.24, 2.45) is 0 Å². The Kier molecular flexibility index (Phi) is 10.7. The average molecular weight is 1000 g/mol. The number of anilines is 6. The molecule has 0 atom stereocenters. The minimum absolute atomic E-state index is 0.0366. The van der Waals surface area contributed by atoms with Crippen LogP contribution in [0.4, 0.5) is 34.1 Å². The third-order valence-electron chi connectivity index (χ3n) is 17.3. The molecule has 382 valence electrons. The molecule has 2 aromatic heterocycles. The van der Waals surface area contributed by atoms with Gasteiger partial charge in [0, 0.05) is 44.3 Å². The van der Waals surface area contributed by atoms with Crippen LogP contribution < -0.4 is 26.2 Å². The Balaban J connectivity index is 1.20. The molecule has 2 aliphatic rings. The maximum Gasteiger partial charge on any atom is 0.252 e. The van der Waals surface area contributed by atoms with Gasteiger partial charge in [-0.3, -0.25) is 0 Å². The van der Waals surface area contributed by atoms with Crippen molar-refractivity contribution in [2.75, 3.05) is 9.80 Å². The largest absolute Gasteiger partial charge is 0.456 e. The molecule has 0 saturated heterocycles. The fourth-order valence-electron chi connectivity index (χ4n) is 13.4. The molecule has 13 rings (SSSR count). The van der Waals surface area contributed by atoms with Crippen LogP contribution in [0.15, 0.2) is 156 Å². The molecule has 77 heavy (non-hydrogen) atoms. The Morgan fingerprint density at radius 1 is 0.377 bits per heavy atom. The second-order valence-corrected chi connectivity index (χ2v) is 25.8. The average Bonchev–Trinajstić information content (AvgIpc) is 4.11. The number of nitrogens with zero attached hydrogens (tertiary/aromatic N) is 3. The lowest BCUT2D eigenvalue weighted by Crippen LogP contribution is -2.61. The molecule has 0 radical (unpaired) electrons. The first-order valence-electron chi connectivity index (χ1n) is 27.8. The summed E-state index contributed by atoms with van der Waals surface area (Å²) in [5, 5.41) is 4.86. The highest BCUT2D eigenvalue weighted by atomic mass is 16.3. The first kappa shape index (κ1) is 48.9. The second kappa shape index (κ2) is 16.9. The number of fused-ring (bicyclic) bond motifs is 10. The third kappa shape index (κ3) is 7.39. The Labute approximate surface area is 456 Å². The van der Waals surface area contributed by atoms with Gasteiger partial charge in [-0.2, -0.15) is 0 Å². The predicted molar refractivity (Wildman–Crippen MR) is 332 cm³/mol. The molecule has 0 spiro atoms. The lowest BCUT2D eigenvalue weighted by Gasteiger charge is -2.46. The van der Waals surface area contributed by atoms with Gasteiger partial charge in [0.2, 0.25) is 0 Å². The number of rotatable bonds is 4. The first-order chi connectivity index (χ1) is 36.6. The fraction of sp³-hybridized carbons (Fsp3) is 0.250. The lowest BCUT2D eigenvalue weighted by molar-refractivity contribution is 0.590. The number of hydrogen-bond acceptors (Lipinski definition) is 3. The van der Waals surface area contributed by atoms with Crippen LogP contribution in [-0.4, -0.2) is 11.3 Å². The zero-order valence-corrected chi connectivity index (χ0v) is 47.8. The molecule has 4 heterocycles. The van der Waals surface area contributed by atoms with Gasteiger partial charge in [0.15, 0.2) is 0 Å². The van der Waals surface area contributed by atoms with Crippen LogP contribution in [0.1, 0.15) is 112 Å². The van der Waals surface area contributed by atoms with Gasteiger partial charge in [-0.05, 0) is 196 Å². The van der Waals surface area contributed by atoms with E-state index in [9.17, 15) is 0 Å². The van der Waals surface area contributed by atoms with E-state index >= 15 is 0 Å². The SMILES string of the molecule is Cc1cccc(C)c1N1c2ccc(C(C)(C)C)cc2B2c3cc4c5cc(C(C)(C)C)ccc5n(-c5c(C)cccc5C)c4cc3N(c3c(C)cc(-c4cccc5oc6ccccc6c45)cc3C)c3cc(C(C)(C)C)cc1c32. The number of hydrogen-bond donors (Lipinski definition) is 0. The molecule has 0 saturated carbocycles. The van der Waals surface area contributed by atoms with Crippen LogP contribution in [-0.2, 0) is 16.2 Å². The second-order valence-electron chi connectivity index (χ2n) is 25.8. The maximum atomic E-state index is 6.48. The van der Waals surface area contributed by atoms with Crippen molar-refractivity contribution in [3.63, 3.8) is 0 Å². The van der Waals surface area contributed by atoms with Gasteiger partial charge in [0.1, 0.15) is 11.2 Å². The van der Waals surface area contributed by atoms with Gasteiger partial charge >= 0.3 is 0 Å². The van der Waals surface area contributed by atoms with Crippen molar-refractivity contribution in [3.05, 3.63) is 202 Å². The van der Waals surface area contributed by atoms with Crippen LogP contribution in [0.25, 0.3) is 60.6 Å². The molecule has 0 bridgehead atoms. The highest BCUT2D eigenvalue weighted by molar-refractivity contribution is 7.00. The molecule has 0 aliphatic carbocycles. The van der Waals surface area contributed by atoms with Gasteiger partial charge in [-0.1, -0.05) is 153 Å². The topological polar surface area (TPSA) is 24.6 Å². The van der Waals surface area contributed by atoms with Crippen molar-refractivity contribution >= 4 is 101 Å². The van der Waals surface area contributed by atoms with E-state index in [1.54, 1.807) is 0 Å². The zero-order valence-electron chi connectivity index (χ0n) is 47.8. The minimum atomic E-state index is -0.167. The van der Waals surface area contributed by atoms with Gasteiger partial charge in [0.25, 0.3) is 6.71 Å². The van der Waals surface area contributed by atoms with Crippen LogP contribution in [0, 0.1) is 41.5 Å². The summed E-state index contributed by atoms with van der Waals surface area (Å²) in [6.45, 7) is 34.9. The third-order valence-corrected chi connectivity index (χ3v) is 17.3. The summed E-state index contributed by atoms with van der Waals surface area (Å²) in [5.74, 6) is 0. The number of aryl methyl sites for hydroxylation is 6. The summed E-state index contributed by atoms with van der Waals surface area (Å²) < 4.78 is 9.06. The summed E-state index contributed by atoms with van der Waals surface area (Å²) in [6, 6.07) is 58.3. The quantitative estimate of drug-likeness (QED) is 0.164. The highest BCUT2D eigenvalue weighted by Gasteiger charge is 2.46. The van der Waals surface area contributed by atoms with Crippen LogP contribution in [0.3, 0.4) is 0 Å². The van der Waals surface area contributed by atoms with E-state index in [2.05, 4.69) is 270 Å². The van der Waals surface area contributed by atoms with Crippen molar-refractivity contribution in [1.82, 2.24) is 4.57 Å². The van der Waals surface area contributed by atoms with Crippen molar-refractivity contribution in [3.8, 4) is 16.8 Å². The molecule has 0 unspecified atom stereocenters. The van der Waals surface area contributed by atoms with Gasteiger partial charge in [0.05, 0.1) is 28.1 Å². The molecular weight excluding hydrogens is 934 g/mol. The molecule has 0 fully saturated rings. The molecule has 5 heteroatoms. The summed E-state index contributed by atoms with van der Waals surface area (Å²) in [7, 11) is 0. The number of para-hydroxylation sites is 3. The Morgan fingerprint density at radius 2 is 0.896 bits per heavy atom. The summed E-state index contributed by atoms with van der Waals surface area (Å²) >= 11 is 0. The summed E-state index contributed by atoms with van der Waals surface area (Å²) in [4.78, 5) is 5.33. The van der Waals surface area contributed by atoms with Crippen molar-refractivity contribution in [1.29, 1.82) is 0 Å². The normalized spacial score (nSPS) is 13.6. The standard InChI is InChI=1S/C72H70BN3O/c1-41-21-18-22-42(2)67(41)74-57-31-29-48(70(7,8)9)35-53(57)54-39-56-60(40-59(54)74)76(69-45(5)33-47(34-46(69)6)51-26-20-28-64-65(51)52-25-16-17-27-63(52)77-64)62-38-50(72(13,14)15)37-61-66(62)73(56)55-36-49(71(10,11)12)30-32-58(55)75(61)68-43(3)23-19-24-44(68)4/h16-40H,1-15H3. The minimum Gasteiger partial charge on any atom is -0.456 e. The van der Waals surface area contributed by atoms with E-state index in [1.807, 2.05) is 0 Å². The molecule has 0 amide bonds. The molecule has 0 N–H and O–H groups in total. The number of aromatic nitrogens is 1. The van der Waals surface area contributed by atoms with Gasteiger partial charge in [-0.15, -0.1) is 0 Å². The molecule has 2 aliphatic heterocycles. The van der Waals surface area contributed by atoms with E-state index in [4.69, 9.17) is 4.42 Å². The fourth-order valence-corrected chi connectivity index (χ4v) is 13.4. The first-order valence-corrected chi connectivity index (χ1v) is 27.8. The monoisotopic (exact) mass is 1000 g/mol. The van der Waals surface area contributed by atoms with E-state index in [0.717, 1.165) is 21.9 Å². The molecule has 4 nitrogen and oxygen atoms in total. The van der Waals surface area contributed by atoms with Crippen molar-refractivity contribution in [2.45, 2.75) is 120 Å².